The van der Waals surface area contributed by atoms with Gasteiger partial charge in [-0.3, -0.25) is 0 Å². The van der Waals surface area contributed by atoms with Gasteiger partial charge in [-0.25, -0.2) is 4.79 Å². The van der Waals surface area contributed by atoms with Crippen molar-refractivity contribution in [3.8, 4) is 16.9 Å². The molecule has 0 radical (unpaired) electrons. The summed E-state index contributed by atoms with van der Waals surface area (Å²) in [6.07, 6.45) is 1.90. The minimum Gasteiger partial charge on any atom is -0.482 e. The Bertz CT molecular complexity index is 546. The van der Waals surface area contributed by atoms with E-state index >= 15 is 0 Å². The standard InChI is InChI=1S/C18H20O3/c1-2-3-13-20-18(19)14-21-17-11-9-16(10-12-17)15-7-5-4-6-8-15/h4-12H,2-3,13-14H2,1H3. The Morgan fingerprint density at radius 1 is 0.952 bits per heavy atom. The Morgan fingerprint density at radius 2 is 1.62 bits per heavy atom. The predicted octanol–water partition coefficient (Wildman–Crippen LogP) is 4.08. The van der Waals surface area contributed by atoms with Crippen molar-refractivity contribution >= 4 is 5.97 Å². The number of ether oxygens (including phenoxy) is 2. The van der Waals surface area contributed by atoms with Gasteiger partial charge in [0.15, 0.2) is 6.61 Å². The van der Waals surface area contributed by atoms with E-state index in [1.54, 1.807) is 0 Å². The molecule has 110 valence electrons. The van der Waals surface area contributed by atoms with Crippen molar-refractivity contribution in [2.75, 3.05) is 13.2 Å². The number of carbonyl (C=O) groups excluding carboxylic acids is 1. The number of carbonyl (C=O) groups is 1. The van der Waals surface area contributed by atoms with Gasteiger partial charge in [0, 0.05) is 0 Å². The molecular weight excluding hydrogens is 264 g/mol. The summed E-state index contributed by atoms with van der Waals surface area (Å²) in [5.74, 6) is 0.345. The van der Waals surface area contributed by atoms with Gasteiger partial charge in [-0.05, 0) is 29.7 Å². The number of benzene rings is 2. The van der Waals surface area contributed by atoms with Crippen molar-refractivity contribution in [3.05, 3.63) is 54.6 Å². The summed E-state index contributed by atoms with van der Waals surface area (Å²) in [7, 11) is 0. The average Bonchev–Trinajstić information content (AvgIpc) is 2.54. The van der Waals surface area contributed by atoms with Crippen molar-refractivity contribution in [2.24, 2.45) is 0 Å². The van der Waals surface area contributed by atoms with Crippen LogP contribution in [0.3, 0.4) is 0 Å². The molecule has 0 heterocycles. The van der Waals surface area contributed by atoms with Crippen LogP contribution in [0.4, 0.5) is 0 Å². The van der Waals surface area contributed by atoms with Gasteiger partial charge >= 0.3 is 5.97 Å². The molecule has 0 saturated carbocycles. The molecule has 0 N–H and O–H groups in total. The van der Waals surface area contributed by atoms with Gasteiger partial charge in [0.2, 0.25) is 0 Å². The van der Waals surface area contributed by atoms with Crippen LogP contribution in [0.15, 0.2) is 54.6 Å². The first-order valence-corrected chi connectivity index (χ1v) is 7.23. The largest absolute Gasteiger partial charge is 0.482 e. The van der Waals surface area contributed by atoms with Crippen LogP contribution in [0.2, 0.25) is 0 Å². The lowest BCUT2D eigenvalue weighted by Gasteiger charge is -2.07. The number of hydrogen-bond donors (Lipinski definition) is 0. The quantitative estimate of drug-likeness (QED) is 0.568. The first-order chi connectivity index (χ1) is 10.3. The molecule has 0 fully saturated rings. The Balaban J connectivity index is 1.84. The summed E-state index contributed by atoms with van der Waals surface area (Å²) in [5.41, 5.74) is 2.27. The fraction of sp³-hybridized carbons (Fsp3) is 0.278. The monoisotopic (exact) mass is 284 g/mol. The zero-order chi connectivity index (χ0) is 14.9. The van der Waals surface area contributed by atoms with Gasteiger partial charge in [0.25, 0.3) is 0 Å². The summed E-state index contributed by atoms with van der Waals surface area (Å²) in [5, 5.41) is 0. The van der Waals surface area contributed by atoms with Crippen molar-refractivity contribution in [1.82, 2.24) is 0 Å². The molecule has 0 spiro atoms. The molecule has 0 aromatic heterocycles. The van der Waals surface area contributed by atoms with Crippen LogP contribution in [0.25, 0.3) is 11.1 Å². The molecule has 21 heavy (non-hydrogen) atoms. The van der Waals surface area contributed by atoms with E-state index in [-0.39, 0.29) is 12.6 Å². The molecule has 0 aliphatic carbocycles. The van der Waals surface area contributed by atoms with E-state index in [1.165, 1.54) is 0 Å². The van der Waals surface area contributed by atoms with Gasteiger partial charge in [0.05, 0.1) is 6.61 Å². The average molecular weight is 284 g/mol. The van der Waals surface area contributed by atoms with Gasteiger partial charge < -0.3 is 9.47 Å². The maximum Gasteiger partial charge on any atom is 0.344 e. The third-order valence-corrected chi connectivity index (χ3v) is 3.08. The van der Waals surface area contributed by atoms with E-state index in [0.29, 0.717) is 12.4 Å². The Hall–Kier alpha value is -2.29. The molecular formula is C18H20O3. The van der Waals surface area contributed by atoms with E-state index in [2.05, 4.69) is 19.1 Å². The van der Waals surface area contributed by atoms with Gasteiger partial charge in [-0.2, -0.15) is 0 Å². The van der Waals surface area contributed by atoms with E-state index in [1.807, 2.05) is 42.5 Å². The second-order valence-corrected chi connectivity index (χ2v) is 4.75. The summed E-state index contributed by atoms with van der Waals surface area (Å²) in [6, 6.07) is 17.8. The highest BCUT2D eigenvalue weighted by molar-refractivity contribution is 5.71. The van der Waals surface area contributed by atoms with Gasteiger partial charge in [-0.1, -0.05) is 55.8 Å². The highest BCUT2D eigenvalue weighted by Gasteiger charge is 2.04. The smallest absolute Gasteiger partial charge is 0.344 e. The van der Waals surface area contributed by atoms with Crippen molar-refractivity contribution < 1.29 is 14.3 Å². The molecule has 0 aliphatic rings. The normalized spacial score (nSPS) is 10.1. The molecule has 2 aromatic rings. The predicted molar refractivity (Wildman–Crippen MR) is 83.2 cm³/mol. The van der Waals surface area contributed by atoms with Crippen LogP contribution >= 0.6 is 0 Å². The van der Waals surface area contributed by atoms with Crippen LogP contribution in [0.1, 0.15) is 19.8 Å². The first kappa shape index (κ1) is 15.1. The summed E-state index contributed by atoms with van der Waals surface area (Å²) >= 11 is 0. The Kier molecular flexibility index (Phi) is 5.83. The number of rotatable bonds is 7. The minimum absolute atomic E-state index is 0.0472. The number of esters is 1. The lowest BCUT2D eigenvalue weighted by molar-refractivity contribution is -0.146. The van der Waals surface area contributed by atoms with Crippen LogP contribution in [0.5, 0.6) is 5.75 Å². The van der Waals surface area contributed by atoms with Crippen molar-refractivity contribution in [3.63, 3.8) is 0 Å². The molecule has 0 unspecified atom stereocenters. The van der Waals surface area contributed by atoms with E-state index in [0.717, 1.165) is 24.0 Å². The minimum atomic E-state index is -0.324. The van der Waals surface area contributed by atoms with Crippen molar-refractivity contribution in [1.29, 1.82) is 0 Å². The summed E-state index contributed by atoms with van der Waals surface area (Å²) in [6.45, 7) is 2.47. The fourth-order valence-corrected chi connectivity index (χ4v) is 1.89. The molecule has 0 saturated heterocycles. The van der Waals surface area contributed by atoms with E-state index in [4.69, 9.17) is 9.47 Å². The second-order valence-electron chi connectivity index (χ2n) is 4.75. The molecule has 0 aliphatic heterocycles. The molecule has 0 amide bonds. The second kappa shape index (κ2) is 8.10. The van der Waals surface area contributed by atoms with Gasteiger partial charge in [-0.15, -0.1) is 0 Å². The van der Waals surface area contributed by atoms with Crippen LogP contribution in [-0.2, 0) is 9.53 Å². The van der Waals surface area contributed by atoms with Crippen LogP contribution in [-0.4, -0.2) is 19.2 Å². The van der Waals surface area contributed by atoms with Crippen molar-refractivity contribution in [2.45, 2.75) is 19.8 Å². The third kappa shape index (κ3) is 4.95. The molecule has 3 heteroatoms. The third-order valence-electron chi connectivity index (χ3n) is 3.08. The lowest BCUT2D eigenvalue weighted by atomic mass is 10.1. The number of hydrogen-bond acceptors (Lipinski definition) is 3. The SMILES string of the molecule is CCCCOC(=O)COc1ccc(-c2ccccc2)cc1. The summed E-state index contributed by atoms with van der Waals surface area (Å²) < 4.78 is 10.4. The molecule has 3 nitrogen and oxygen atoms in total. The van der Waals surface area contributed by atoms with Gasteiger partial charge in [0.1, 0.15) is 5.75 Å². The number of unbranched alkanes of at least 4 members (excludes halogenated alkanes) is 1. The Morgan fingerprint density at radius 3 is 2.29 bits per heavy atom. The fourth-order valence-electron chi connectivity index (χ4n) is 1.89. The lowest BCUT2D eigenvalue weighted by Crippen LogP contribution is -2.15. The van der Waals surface area contributed by atoms with Crippen LogP contribution in [0, 0.1) is 0 Å². The molecule has 0 bridgehead atoms. The first-order valence-electron chi connectivity index (χ1n) is 7.23. The maximum atomic E-state index is 11.4. The zero-order valence-corrected chi connectivity index (χ0v) is 12.2. The Labute approximate surface area is 125 Å². The van der Waals surface area contributed by atoms with E-state index in [9.17, 15) is 4.79 Å². The van der Waals surface area contributed by atoms with Crippen LogP contribution < -0.4 is 4.74 Å². The maximum absolute atomic E-state index is 11.4. The molecule has 0 atom stereocenters. The van der Waals surface area contributed by atoms with E-state index < -0.39 is 0 Å². The zero-order valence-electron chi connectivity index (χ0n) is 12.2. The topological polar surface area (TPSA) is 35.5 Å². The highest BCUT2D eigenvalue weighted by atomic mass is 16.6. The molecule has 2 aromatic carbocycles. The molecule has 2 rings (SSSR count). The highest BCUT2D eigenvalue weighted by Crippen LogP contribution is 2.21. The summed E-state index contributed by atoms with van der Waals surface area (Å²) in [4.78, 5) is 11.4.